The van der Waals surface area contributed by atoms with Crippen LogP contribution in [0.2, 0.25) is 0 Å². The lowest BCUT2D eigenvalue weighted by Gasteiger charge is -2.35. The normalized spacial score (nSPS) is 27.2. The molecule has 0 aliphatic carbocycles. The van der Waals surface area contributed by atoms with Crippen molar-refractivity contribution in [3.8, 4) is 0 Å². The molecule has 0 aromatic rings. The number of nitrogens with zero attached hydrogens (tertiary/aromatic N) is 1. The summed E-state index contributed by atoms with van der Waals surface area (Å²) in [5.74, 6) is 1.83. The van der Waals surface area contributed by atoms with Gasteiger partial charge in [0.05, 0.1) is 0 Å². The van der Waals surface area contributed by atoms with Crippen LogP contribution in [0.25, 0.3) is 0 Å². The summed E-state index contributed by atoms with van der Waals surface area (Å²) in [6.07, 6.45) is 5.51. The van der Waals surface area contributed by atoms with Crippen LogP contribution >= 0.6 is 0 Å². The summed E-state index contributed by atoms with van der Waals surface area (Å²) in [4.78, 5) is 2.66. The van der Waals surface area contributed by atoms with Crippen LogP contribution in [0.1, 0.15) is 46.5 Å². The highest BCUT2D eigenvalue weighted by molar-refractivity contribution is 4.74. The third-order valence-corrected chi connectivity index (χ3v) is 4.00. The van der Waals surface area contributed by atoms with Gasteiger partial charge < -0.3 is 10.2 Å². The first-order chi connectivity index (χ1) is 7.74. The second-order valence-corrected chi connectivity index (χ2v) is 5.46. The van der Waals surface area contributed by atoms with Crippen LogP contribution in [-0.4, -0.2) is 37.6 Å². The van der Waals surface area contributed by atoms with Gasteiger partial charge in [-0.2, -0.15) is 0 Å². The van der Waals surface area contributed by atoms with Crippen LogP contribution in [0.3, 0.4) is 0 Å². The number of piperidine rings is 1. The Morgan fingerprint density at radius 1 is 1.12 bits per heavy atom. The predicted molar refractivity (Wildman–Crippen MR) is 71.8 cm³/mol. The van der Waals surface area contributed by atoms with Crippen molar-refractivity contribution in [3.63, 3.8) is 0 Å². The fourth-order valence-corrected chi connectivity index (χ4v) is 2.49. The topological polar surface area (TPSA) is 15.3 Å². The maximum Gasteiger partial charge on any atom is 0.000957 e. The minimum absolute atomic E-state index is 0.899. The molecule has 1 aliphatic heterocycles. The zero-order valence-corrected chi connectivity index (χ0v) is 11.5. The molecule has 0 aromatic heterocycles. The van der Waals surface area contributed by atoms with E-state index in [2.05, 4.69) is 31.0 Å². The van der Waals surface area contributed by atoms with E-state index in [9.17, 15) is 0 Å². The standard InChI is InChI=1S/C14H30N2/c1-4-15-9-6-5-7-10-16-11-8-13(2)14(3)12-16/h13-15H,4-12H2,1-3H3. The second kappa shape index (κ2) is 8.08. The van der Waals surface area contributed by atoms with Crippen LogP contribution in [0.15, 0.2) is 0 Å². The van der Waals surface area contributed by atoms with Crippen molar-refractivity contribution < 1.29 is 0 Å². The molecule has 0 spiro atoms. The summed E-state index contributed by atoms with van der Waals surface area (Å²) < 4.78 is 0. The van der Waals surface area contributed by atoms with Crippen molar-refractivity contribution in [3.05, 3.63) is 0 Å². The Balaban J connectivity index is 1.97. The summed E-state index contributed by atoms with van der Waals surface area (Å²) >= 11 is 0. The van der Waals surface area contributed by atoms with E-state index in [1.165, 1.54) is 51.9 Å². The lowest BCUT2D eigenvalue weighted by atomic mass is 9.88. The van der Waals surface area contributed by atoms with E-state index in [0.717, 1.165) is 18.4 Å². The van der Waals surface area contributed by atoms with Crippen LogP contribution in [0.4, 0.5) is 0 Å². The van der Waals surface area contributed by atoms with E-state index in [0.29, 0.717) is 0 Å². The van der Waals surface area contributed by atoms with Gasteiger partial charge in [-0.05, 0) is 57.3 Å². The van der Waals surface area contributed by atoms with Gasteiger partial charge in [-0.1, -0.05) is 27.2 Å². The number of likely N-dealkylation sites (tertiary alicyclic amines) is 1. The number of nitrogens with one attached hydrogen (secondary N) is 1. The van der Waals surface area contributed by atoms with Crippen molar-refractivity contribution >= 4 is 0 Å². The van der Waals surface area contributed by atoms with Crippen molar-refractivity contribution in [2.75, 3.05) is 32.7 Å². The van der Waals surface area contributed by atoms with Crippen LogP contribution in [-0.2, 0) is 0 Å². The van der Waals surface area contributed by atoms with Gasteiger partial charge in [-0.15, -0.1) is 0 Å². The van der Waals surface area contributed by atoms with Gasteiger partial charge in [-0.25, -0.2) is 0 Å². The van der Waals surface area contributed by atoms with Gasteiger partial charge in [0.25, 0.3) is 0 Å². The number of rotatable bonds is 7. The van der Waals surface area contributed by atoms with E-state index >= 15 is 0 Å². The average molecular weight is 226 g/mol. The molecule has 1 aliphatic rings. The largest absolute Gasteiger partial charge is 0.317 e. The number of hydrogen-bond acceptors (Lipinski definition) is 2. The van der Waals surface area contributed by atoms with Gasteiger partial charge >= 0.3 is 0 Å². The maximum atomic E-state index is 3.39. The second-order valence-electron chi connectivity index (χ2n) is 5.46. The van der Waals surface area contributed by atoms with Gasteiger partial charge in [0.15, 0.2) is 0 Å². The minimum atomic E-state index is 0.899. The number of hydrogen-bond donors (Lipinski definition) is 1. The summed E-state index contributed by atoms with van der Waals surface area (Å²) in [5, 5.41) is 3.39. The lowest BCUT2D eigenvalue weighted by molar-refractivity contribution is 0.136. The Labute approximate surface area is 102 Å². The Morgan fingerprint density at radius 3 is 2.62 bits per heavy atom. The van der Waals surface area contributed by atoms with Crippen molar-refractivity contribution in [1.82, 2.24) is 10.2 Å². The molecule has 1 rings (SSSR count). The van der Waals surface area contributed by atoms with E-state index in [4.69, 9.17) is 0 Å². The Bertz CT molecular complexity index is 170. The first-order valence-electron chi connectivity index (χ1n) is 7.17. The molecule has 0 amide bonds. The monoisotopic (exact) mass is 226 g/mol. The fraction of sp³-hybridized carbons (Fsp3) is 1.00. The highest BCUT2D eigenvalue weighted by atomic mass is 15.1. The van der Waals surface area contributed by atoms with E-state index in [1.807, 2.05) is 0 Å². The molecule has 0 saturated carbocycles. The van der Waals surface area contributed by atoms with E-state index in [1.54, 1.807) is 0 Å². The zero-order valence-electron chi connectivity index (χ0n) is 11.5. The molecule has 2 atom stereocenters. The molecular weight excluding hydrogens is 196 g/mol. The third-order valence-electron chi connectivity index (χ3n) is 4.00. The number of unbranched alkanes of at least 4 members (excludes halogenated alkanes) is 2. The molecular formula is C14H30N2. The lowest BCUT2D eigenvalue weighted by Crippen LogP contribution is -2.38. The van der Waals surface area contributed by atoms with Crippen LogP contribution in [0.5, 0.6) is 0 Å². The quantitative estimate of drug-likeness (QED) is 0.672. The van der Waals surface area contributed by atoms with Crippen LogP contribution in [0, 0.1) is 11.8 Å². The molecule has 0 radical (unpaired) electrons. The van der Waals surface area contributed by atoms with Gasteiger partial charge in [0, 0.05) is 6.54 Å². The molecule has 16 heavy (non-hydrogen) atoms. The first kappa shape index (κ1) is 14.0. The summed E-state index contributed by atoms with van der Waals surface area (Å²) in [7, 11) is 0. The van der Waals surface area contributed by atoms with Crippen molar-refractivity contribution in [2.45, 2.75) is 46.5 Å². The minimum Gasteiger partial charge on any atom is -0.317 e. The summed E-state index contributed by atoms with van der Waals surface area (Å²) in [6.45, 7) is 13.3. The van der Waals surface area contributed by atoms with Gasteiger partial charge in [0.1, 0.15) is 0 Å². The fourth-order valence-electron chi connectivity index (χ4n) is 2.49. The Kier molecular flexibility index (Phi) is 7.06. The first-order valence-corrected chi connectivity index (χ1v) is 7.17. The summed E-state index contributed by atoms with van der Waals surface area (Å²) in [5.41, 5.74) is 0. The molecule has 2 unspecified atom stereocenters. The predicted octanol–water partition coefficient (Wildman–Crippen LogP) is 2.74. The van der Waals surface area contributed by atoms with Gasteiger partial charge in [0.2, 0.25) is 0 Å². The Hall–Kier alpha value is -0.0800. The molecule has 0 bridgehead atoms. The molecule has 0 aromatic carbocycles. The molecule has 1 saturated heterocycles. The smallest absolute Gasteiger partial charge is 0.000957 e. The third kappa shape index (κ3) is 5.31. The maximum absolute atomic E-state index is 3.39. The SMILES string of the molecule is CCNCCCCCN1CCC(C)C(C)C1. The van der Waals surface area contributed by atoms with E-state index in [-0.39, 0.29) is 0 Å². The summed E-state index contributed by atoms with van der Waals surface area (Å²) in [6, 6.07) is 0. The molecule has 2 nitrogen and oxygen atoms in total. The average Bonchev–Trinajstić information content (AvgIpc) is 2.28. The highest BCUT2D eigenvalue weighted by Gasteiger charge is 2.21. The van der Waals surface area contributed by atoms with Crippen LogP contribution < -0.4 is 5.32 Å². The zero-order chi connectivity index (χ0) is 11.8. The van der Waals surface area contributed by atoms with E-state index < -0.39 is 0 Å². The molecule has 96 valence electrons. The Morgan fingerprint density at radius 2 is 1.94 bits per heavy atom. The highest BCUT2D eigenvalue weighted by Crippen LogP contribution is 2.22. The molecule has 1 N–H and O–H groups in total. The van der Waals surface area contributed by atoms with Crippen molar-refractivity contribution in [1.29, 1.82) is 0 Å². The molecule has 1 heterocycles. The molecule has 2 heteroatoms. The molecule has 1 fully saturated rings. The van der Waals surface area contributed by atoms with Crippen molar-refractivity contribution in [2.24, 2.45) is 11.8 Å². The van der Waals surface area contributed by atoms with Gasteiger partial charge in [-0.3, -0.25) is 0 Å².